The minimum absolute atomic E-state index is 0.210. The van der Waals surface area contributed by atoms with Crippen LogP contribution in [0.25, 0.3) is 11.0 Å². The van der Waals surface area contributed by atoms with Crippen LogP contribution in [0, 0.1) is 0 Å². The first-order valence-corrected chi connectivity index (χ1v) is 6.64. The van der Waals surface area contributed by atoms with E-state index in [1.165, 1.54) is 0 Å². The lowest BCUT2D eigenvalue weighted by molar-refractivity contribution is 0.0998. The number of rotatable bonds is 2. The number of benzene rings is 2. The summed E-state index contributed by atoms with van der Waals surface area (Å²) in [5.74, 6) is -0.146. The lowest BCUT2D eigenvalue weighted by atomic mass is 10.2. The van der Waals surface area contributed by atoms with Gasteiger partial charge in [0.2, 0.25) is 0 Å². The molecule has 3 aromatic rings. The highest BCUT2D eigenvalue weighted by Gasteiger charge is 2.13. The Kier molecular flexibility index (Phi) is 3.38. The van der Waals surface area contributed by atoms with Crippen LogP contribution < -0.4 is 5.32 Å². The average molecular weight is 306 g/mol. The number of anilines is 1. The van der Waals surface area contributed by atoms with Crippen molar-refractivity contribution < 1.29 is 9.21 Å². The smallest absolute Gasteiger partial charge is 0.291 e. The molecular formula is C15H9Cl2NO2. The van der Waals surface area contributed by atoms with Gasteiger partial charge in [0.05, 0.1) is 10.7 Å². The summed E-state index contributed by atoms with van der Waals surface area (Å²) < 4.78 is 5.48. The maximum atomic E-state index is 12.1. The van der Waals surface area contributed by atoms with Crippen LogP contribution in [0.2, 0.25) is 10.0 Å². The van der Waals surface area contributed by atoms with Crippen LogP contribution in [0.15, 0.2) is 52.9 Å². The molecule has 1 N–H and O–H groups in total. The maximum absolute atomic E-state index is 12.1. The van der Waals surface area contributed by atoms with Gasteiger partial charge >= 0.3 is 0 Å². The second kappa shape index (κ2) is 5.19. The van der Waals surface area contributed by atoms with Crippen LogP contribution in [-0.4, -0.2) is 5.91 Å². The first-order chi connectivity index (χ1) is 9.63. The van der Waals surface area contributed by atoms with Gasteiger partial charge in [0, 0.05) is 10.4 Å². The van der Waals surface area contributed by atoms with E-state index in [0.717, 1.165) is 5.39 Å². The van der Waals surface area contributed by atoms with Crippen LogP contribution in [0.3, 0.4) is 0 Å². The summed E-state index contributed by atoms with van der Waals surface area (Å²) in [5, 5.41) is 4.55. The summed E-state index contributed by atoms with van der Waals surface area (Å²) in [6, 6.07) is 13.8. The van der Waals surface area contributed by atoms with Crippen molar-refractivity contribution in [2.24, 2.45) is 0 Å². The van der Waals surface area contributed by atoms with Crippen molar-refractivity contribution in [2.75, 3.05) is 5.32 Å². The fraction of sp³-hybridized carbons (Fsp3) is 0. The van der Waals surface area contributed by atoms with Gasteiger partial charge in [-0.2, -0.15) is 0 Å². The fourth-order valence-electron chi connectivity index (χ4n) is 1.87. The van der Waals surface area contributed by atoms with E-state index in [1.807, 2.05) is 0 Å². The predicted molar refractivity (Wildman–Crippen MR) is 80.6 cm³/mol. The third kappa shape index (κ3) is 2.50. The SMILES string of the molecule is O=C(Nc1ccccc1Cl)c1cc2cc(Cl)ccc2o1. The van der Waals surface area contributed by atoms with Gasteiger partial charge in [0.1, 0.15) is 5.58 Å². The van der Waals surface area contributed by atoms with Crippen molar-refractivity contribution in [3.05, 3.63) is 64.3 Å². The molecule has 0 spiro atoms. The summed E-state index contributed by atoms with van der Waals surface area (Å²) in [4.78, 5) is 12.1. The van der Waals surface area contributed by atoms with Gasteiger partial charge in [-0.25, -0.2) is 0 Å². The number of amides is 1. The van der Waals surface area contributed by atoms with Crippen LogP contribution in [0.1, 0.15) is 10.6 Å². The fourth-order valence-corrected chi connectivity index (χ4v) is 2.24. The number of carbonyl (C=O) groups excluding carboxylic acids is 1. The molecule has 0 bridgehead atoms. The van der Waals surface area contributed by atoms with Crippen LogP contribution in [-0.2, 0) is 0 Å². The second-order valence-corrected chi connectivity index (χ2v) is 5.07. The summed E-state index contributed by atoms with van der Waals surface area (Å²) in [5.41, 5.74) is 1.15. The first-order valence-electron chi connectivity index (χ1n) is 5.88. The molecule has 0 unspecified atom stereocenters. The first kappa shape index (κ1) is 13.0. The number of fused-ring (bicyclic) bond motifs is 1. The van der Waals surface area contributed by atoms with Crippen molar-refractivity contribution >= 4 is 45.8 Å². The Morgan fingerprint density at radius 1 is 1.05 bits per heavy atom. The van der Waals surface area contributed by atoms with E-state index in [2.05, 4.69) is 5.32 Å². The number of furan rings is 1. The standard InChI is InChI=1S/C15H9Cl2NO2/c16-10-5-6-13-9(7-10)8-14(20-13)15(19)18-12-4-2-1-3-11(12)17/h1-8H,(H,18,19). The normalized spacial score (nSPS) is 10.7. The van der Waals surface area contributed by atoms with Gasteiger partial charge in [-0.1, -0.05) is 35.3 Å². The molecule has 0 aliphatic carbocycles. The monoisotopic (exact) mass is 305 g/mol. The Morgan fingerprint density at radius 2 is 1.85 bits per heavy atom. The second-order valence-electron chi connectivity index (χ2n) is 4.23. The molecule has 0 saturated carbocycles. The van der Waals surface area contributed by atoms with Crippen LogP contribution >= 0.6 is 23.2 Å². The van der Waals surface area contributed by atoms with E-state index in [0.29, 0.717) is 21.3 Å². The van der Waals surface area contributed by atoms with E-state index < -0.39 is 0 Å². The summed E-state index contributed by atoms with van der Waals surface area (Å²) in [6.45, 7) is 0. The number of hydrogen-bond donors (Lipinski definition) is 1. The molecule has 20 heavy (non-hydrogen) atoms. The summed E-state index contributed by atoms with van der Waals surface area (Å²) in [6.07, 6.45) is 0. The molecule has 1 heterocycles. The molecule has 5 heteroatoms. The average Bonchev–Trinajstić information content (AvgIpc) is 2.84. The zero-order valence-electron chi connectivity index (χ0n) is 10.2. The van der Waals surface area contributed by atoms with E-state index in [4.69, 9.17) is 27.6 Å². The van der Waals surface area contributed by atoms with Gasteiger partial charge in [0.25, 0.3) is 5.91 Å². The van der Waals surface area contributed by atoms with E-state index >= 15 is 0 Å². The van der Waals surface area contributed by atoms with Crippen molar-refractivity contribution in [3.8, 4) is 0 Å². The van der Waals surface area contributed by atoms with E-state index in [-0.39, 0.29) is 11.7 Å². The largest absolute Gasteiger partial charge is 0.451 e. The number of nitrogens with one attached hydrogen (secondary N) is 1. The lowest BCUT2D eigenvalue weighted by Crippen LogP contribution is -2.10. The third-order valence-corrected chi connectivity index (χ3v) is 3.39. The molecule has 1 aromatic heterocycles. The van der Waals surface area contributed by atoms with Gasteiger partial charge in [0.15, 0.2) is 5.76 Å². The predicted octanol–water partition coefficient (Wildman–Crippen LogP) is 4.99. The van der Waals surface area contributed by atoms with Crippen LogP contribution in [0.4, 0.5) is 5.69 Å². The highest BCUT2D eigenvalue weighted by atomic mass is 35.5. The molecule has 3 rings (SSSR count). The van der Waals surface area contributed by atoms with Gasteiger partial charge in [-0.15, -0.1) is 0 Å². The number of para-hydroxylation sites is 1. The Morgan fingerprint density at radius 3 is 2.65 bits per heavy atom. The minimum atomic E-state index is -0.356. The number of hydrogen-bond acceptors (Lipinski definition) is 2. The topological polar surface area (TPSA) is 42.2 Å². The number of carbonyl (C=O) groups is 1. The third-order valence-electron chi connectivity index (χ3n) is 2.82. The van der Waals surface area contributed by atoms with Gasteiger partial charge < -0.3 is 9.73 Å². The lowest BCUT2D eigenvalue weighted by Gasteiger charge is -2.04. The number of halogens is 2. The highest BCUT2D eigenvalue weighted by molar-refractivity contribution is 6.34. The quantitative estimate of drug-likeness (QED) is 0.724. The van der Waals surface area contributed by atoms with E-state index in [9.17, 15) is 4.79 Å². The van der Waals surface area contributed by atoms with Crippen molar-refractivity contribution in [2.45, 2.75) is 0 Å². The van der Waals surface area contributed by atoms with E-state index in [1.54, 1.807) is 48.5 Å². The molecule has 1 amide bonds. The molecule has 0 atom stereocenters. The molecule has 2 aromatic carbocycles. The molecule has 100 valence electrons. The Hall–Kier alpha value is -1.97. The van der Waals surface area contributed by atoms with Crippen molar-refractivity contribution in [1.29, 1.82) is 0 Å². The molecular weight excluding hydrogens is 297 g/mol. The molecule has 0 aliphatic rings. The molecule has 0 aliphatic heterocycles. The van der Waals surface area contributed by atoms with Crippen molar-refractivity contribution in [1.82, 2.24) is 0 Å². The molecule has 0 fully saturated rings. The minimum Gasteiger partial charge on any atom is -0.451 e. The summed E-state index contributed by atoms with van der Waals surface area (Å²) >= 11 is 11.9. The zero-order chi connectivity index (χ0) is 14.1. The molecule has 0 saturated heterocycles. The van der Waals surface area contributed by atoms with Crippen LogP contribution in [0.5, 0.6) is 0 Å². The van der Waals surface area contributed by atoms with Crippen molar-refractivity contribution in [3.63, 3.8) is 0 Å². The molecule has 0 radical (unpaired) electrons. The Balaban J connectivity index is 1.91. The zero-order valence-corrected chi connectivity index (χ0v) is 11.7. The Bertz CT molecular complexity index is 795. The maximum Gasteiger partial charge on any atom is 0.291 e. The van der Waals surface area contributed by atoms with Gasteiger partial charge in [-0.3, -0.25) is 4.79 Å². The summed E-state index contributed by atoms with van der Waals surface area (Å²) in [7, 11) is 0. The Labute approximate surface area is 125 Å². The molecule has 3 nitrogen and oxygen atoms in total. The highest BCUT2D eigenvalue weighted by Crippen LogP contribution is 2.25. The van der Waals surface area contributed by atoms with Gasteiger partial charge in [-0.05, 0) is 36.4 Å².